The number of fused-ring (bicyclic) bond motifs is 2. The van der Waals surface area contributed by atoms with Crippen LogP contribution in [-0.4, -0.2) is 66.1 Å². The number of rotatable bonds is 3. The van der Waals surface area contributed by atoms with E-state index < -0.39 is 5.41 Å². The Hall–Kier alpha value is -4.01. The Morgan fingerprint density at radius 3 is 2.63 bits per heavy atom. The lowest BCUT2D eigenvalue weighted by molar-refractivity contribution is -0.135. The van der Waals surface area contributed by atoms with E-state index in [-0.39, 0.29) is 30.4 Å². The highest BCUT2D eigenvalue weighted by Gasteiger charge is 2.42. The molecule has 3 heterocycles. The highest BCUT2D eigenvalue weighted by atomic mass is 16.5. The van der Waals surface area contributed by atoms with Crippen LogP contribution < -0.4 is 20.1 Å². The van der Waals surface area contributed by atoms with Crippen LogP contribution in [0.25, 0.3) is 10.9 Å². The van der Waals surface area contributed by atoms with Gasteiger partial charge in [0.25, 0.3) is 11.8 Å². The number of likely N-dealkylation sites (tertiary alicyclic amines) is 1. The number of amides is 3. The number of nitrogens with one attached hydrogen (secondary N) is 2. The van der Waals surface area contributed by atoms with E-state index in [1.165, 1.54) is 0 Å². The first-order valence-electron chi connectivity index (χ1n) is 14.6. The number of ether oxygens (including phenoxy) is 2. The Balaban J connectivity index is 1.29. The Morgan fingerprint density at radius 1 is 1.07 bits per heavy atom. The van der Waals surface area contributed by atoms with Crippen molar-refractivity contribution in [3.63, 3.8) is 0 Å². The van der Waals surface area contributed by atoms with E-state index in [1.807, 2.05) is 66.8 Å². The maximum Gasteiger partial charge on any atom is 0.270 e. The molecule has 1 aromatic heterocycles. The molecule has 0 saturated carbocycles. The first-order valence-corrected chi connectivity index (χ1v) is 14.6. The molecule has 0 radical (unpaired) electrons. The van der Waals surface area contributed by atoms with Crippen molar-refractivity contribution >= 4 is 28.6 Å². The van der Waals surface area contributed by atoms with Crippen LogP contribution in [0.3, 0.4) is 0 Å². The second kappa shape index (κ2) is 12.2. The monoisotopic (exact) mass is 560 g/mol. The first kappa shape index (κ1) is 28.5. The van der Waals surface area contributed by atoms with E-state index in [0.717, 1.165) is 29.5 Å². The summed E-state index contributed by atoms with van der Waals surface area (Å²) >= 11 is 0. The number of hydrogen-bond acceptors (Lipinski definition) is 5. The summed E-state index contributed by atoms with van der Waals surface area (Å²) in [5, 5.41) is 7.13. The van der Waals surface area contributed by atoms with Crippen LogP contribution in [0.15, 0.2) is 48.5 Å². The van der Waals surface area contributed by atoms with Crippen LogP contribution in [0.4, 0.5) is 0 Å². The number of carbonyl (C=O) groups is 3. The van der Waals surface area contributed by atoms with Crippen LogP contribution in [0.2, 0.25) is 0 Å². The zero-order chi connectivity index (χ0) is 29.0. The predicted octanol–water partition coefficient (Wildman–Crippen LogP) is 4.30. The molecule has 1 fully saturated rings. The summed E-state index contributed by atoms with van der Waals surface area (Å²) in [7, 11) is 1.91. The van der Waals surface area contributed by atoms with Gasteiger partial charge in [-0.05, 0) is 75.9 Å². The summed E-state index contributed by atoms with van der Waals surface area (Å²) in [6, 6.07) is 14.7. The average molecular weight is 561 g/mol. The summed E-state index contributed by atoms with van der Waals surface area (Å²) < 4.78 is 13.5. The number of aryl methyl sites for hydroxylation is 1. The number of piperidine rings is 1. The summed E-state index contributed by atoms with van der Waals surface area (Å²) in [5.74, 6) is 1.13. The van der Waals surface area contributed by atoms with Gasteiger partial charge in [-0.25, -0.2) is 0 Å². The van der Waals surface area contributed by atoms with Gasteiger partial charge in [-0.3, -0.25) is 14.4 Å². The third kappa shape index (κ3) is 6.04. The highest BCUT2D eigenvalue weighted by Crippen LogP contribution is 2.38. The first-order chi connectivity index (χ1) is 19.8. The quantitative estimate of drug-likeness (QED) is 0.498. The zero-order valence-corrected chi connectivity index (χ0v) is 24.2. The number of para-hydroxylation sites is 1. The lowest BCUT2D eigenvalue weighted by Crippen LogP contribution is -2.52. The van der Waals surface area contributed by atoms with Crippen LogP contribution in [-0.2, 0) is 11.8 Å². The normalized spacial score (nSPS) is 20.0. The Labute approximate surface area is 241 Å². The molecule has 0 bridgehead atoms. The second-order valence-corrected chi connectivity index (χ2v) is 11.2. The van der Waals surface area contributed by atoms with Crippen molar-refractivity contribution in [1.29, 1.82) is 0 Å². The van der Waals surface area contributed by atoms with Crippen molar-refractivity contribution < 1.29 is 23.9 Å². The minimum absolute atomic E-state index is 0.0168. The maximum atomic E-state index is 13.7. The molecule has 9 nitrogen and oxygen atoms in total. The second-order valence-electron chi connectivity index (χ2n) is 11.2. The van der Waals surface area contributed by atoms with Crippen molar-refractivity contribution in [2.24, 2.45) is 12.5 Å². The fraction of sp³-hybridized carbons (Fsp3) is 0.469. The third-order valence-corrected chi connectivity index (χ3v) is 8.40. The van der Waals surface area contributed by atoms with Gasteiger partial charge in [0.1, 0.15) is 23.8 Å². The Bertz CT molecular complexity index is 1420. The van der Waals surface area contributed by atoms with Crippen molar-refractivity contribution in [2.75, 3.05) is 32.8 Å². The van der Waals surface area contributed by atoms with Crippen LogP contribution in [0.1, 0.15) is 66.8 Å². The molecule has 2 N–H and O–H groups in total. The zero-order valence-electron chi connectivity index (χ0n) is 24.2. The molecule has 218 valence electrons. The molecule has 3 amide bonds. The third-order valence-electron chi connectivity index (χ3n) is 8.40. The SMILES string of the molecule is CCOc1ccc2c(c1)cc(C(=O)N1CCC3(CCCCNC(=O)c4ccccc4OC[C@@H](C)NC3=O)CC1)n2C. The number of hydrogen-bond donors (Lipinski definition) is 2. The largest absolute Gasteiger partial charge is 0.494 e. The smallest absolute Gasteiger partial charge is 0.270 e. The van der Waals surface area contributed by atoms with E-state index in [2.05, 4.69) is 10.6 Å². The maximum absolute atomic E-state index is 13.7. The molecule has 1 spiro atoms. The van der Waals surface area contributed by atoms with Crippen LogP contribution in [0, 0.1) is 5.41 Å². The van der Waals surface area contributed by atoms with E-state index in [1.54, 1.807) is 12.1 Å². The molecule has 1 saturated heterocycles. The minimum Gasteiger partial charge on any atom is -0.494 e. The molecule has 1 atom stereocenters. The van der Waals surface area contributed by atoms with Gasteiger partial charge in [-0.1, -0.05) is 18.6 Å². The van der Waals surface area contributed by atoms with Crippen LogP contribution in [0.5, 0.6) is 11.5 Å². The van der Waals surface area contributed by atoms with Gasteiger partial charge in [-0.15, -0.1) is 0 Å². The predicted molar refractivity (Wildman–Crippen MR) is 157 cm³/mol. The van der Waals surface area contributed by atoms with Crippen molar-refractivity contribution in [3.05, 3.63) is 59.8 Å². The van der Waals surface area contributed by atoms with Gasteiger partial charge < -0.3 is 29.6 Å². The molecule has 2 aromatic carbocycles. The number of benzene rings is 2. The van der Waals surface area contributed by atoms with Gasteiger partial charge in [0.15, 0.2) is 0 Å². The Morgan fingerprint density at radius 2 is 1.85 bits per heavy atom. The number of carbonyl (C=O) groups excluding carboxylic acids is 3. The van der Waals surface area contributed by atoms with Gasteiger partial charge in [0.05, 0.1) is 23.6 Å². The molecular formula is C32H40N4O5. The van der Waals surface area contributed by atoms with E-state index >= 15 is 0 Å². The standard InChI is InChI=1S/C32H40N4O5/c1-4-40-24-11-12-26-23(19-24)20-27(35(26)3)30(38)36-17-14-32(15-18-36)13-7-8-16-33-29(37)25-9-5-6-10-28(25)41-21-22(2)34-31(32)39/h5-6,9-12,19-20,22H,4,7-8,13-18,21H2,1-3H3,(H,33,37)(H,34,39)/t22-/m1/s1. The highest BCUT2D eigenvalue weighted by molar-refractivity contribution is 5.99. The molecular weight excluding hydrogens is 520 g/mol. The van der Waals surface area contributed by atoms with Gasteiger partial charge in [-0.2, -0.15) is 0 Å². The lowest BCUT2D eigenvalue weighted by atomic mass is 9.73. The fourth-order valence-corrected chi connectivity index (χ4v) is 5.98. The molecule has 9 heteroatoms. The van der Waals surface area contributed by atoms with E-state index in [0.29, 0.717) is 62.5 Å². The van der Waals surface area contributed by atoms with Crippen molar-refractivity contribution in [3.8, 4) is 11.5 Å². The molecule has 41 heavy (non-hydrogen) atoms. The average Bonchev–Trinajstić information content (AvgIpc) is 3.31. The topological polar surface area (TPSA) is 102 Å². The summed E-state index contributed by atoms with van der Waals surface area (Å²) in [6.45, 7) is 6.24. The number of aromatic nitrogens is 1. The summed E-state index contributed by atoms with van der Waals surface area (Å²) in [6.07, 6.45) is 3.45. The molecule has 2 aliphatic rings. The minimum atomic E-state index is -0.567. The Kier molecular flexibility index (Phi) is 8.52. The van der Waals surface area contributed by atoms with Gasteiger partial charge in [0.2, 0.25) is 5.91 Å². The van der Waals surface area contributed by atoms with Gasteiger partial charge in [0, 0.05) is 37.6 Å². The molecule has 0 unspecified atom stereocenters. The van der Waals surface area contributed by atoms with Gasteiger partial charge >= 0.3 is 0 Å². The molecule has 0 aliphatic carbocycles. The fourth-order valence-electron chi connectivity index (χ4n) is 5.98. The van der Waals surface area contributed by atoms with E-state index in [9.17, 15) is 14.4 Å². The summed E-state index contributed by atoms with van der Waals surface area (Å²) in [4.78, 5) is 42.0. The van der Waals surface area contributed by atoms with E-state index in [4.69, 9.17) is 9.47 Å². The molecule has 3 aromatic rings. The van der Waals surface area contributed by atoms with Crippen LogP contribution >= 0.6 is 0 Å². The van der Waals surface area contributed by atoms with Crippen molar-refractivity contribution in [2.45, 2.75) is 52.0 Å². The molecule has 2 aliphatic heterocycles. The number of nitrogens with zero attached hydrogens (tertiary/aromatic N) is 2. The molecule has 5 rings (SSSR count). The van der Waals surface area contributed by atoms with Crippen molar-refractivity contribution in [1.82, 2.24) is 20.1 Å². The lowest BCUT2D eigenvalue weighted by Gasteiger charge is -2.41. The summed E-state index contributed by atoms with van der Waals surface area (Å²) in [5.41, 5.74) is 1.53.